The number of ether oxygens (including phenoxy) is 1. The van der Waals surface area contributed by atoms with Gasteiger partial charge in [0.25, 0.3) is 0 Å². The van der Waals surface area contributed by atoms with Crippen molar-refractivity contribution in [1.29, 1.82) is 0 Å². The minimum absolute atomic E-state index is 0.581. The molecule has 3 aliphatic rings. The minimum Gasteiger partial charge on any atom is -0.377 e. The molecule has 0 amide bonds. The molecule has 3 rings (SSSR count). The molecule has 0 aromatic rings. The minimum atomic E-state index is 0.581. The fourth-order valence-corrected chi connectivity index (χ4v) is 3.95. The van der Waals surface area contributed by atoms with Gasteiger partial charge in [-0.05, 0) is 50.4 Å². The van der Waals surface area contributed by atoms with Crippen molar-refractivity contribution < 1.29 is 4.74 Å². The molecule has 18 heavy (non-hydrogen) atoms. The summed E-state index contributed by atoms with van der Waals surface area (Å²) in [4.78, 5) is 0. The molecule has 3 aliphatic carbocycles. The van der Waals surface area contributed by atoms with Gasteiger partial charge in [0.15, 0.2) is 0 Å². The van der Waals surface area contributed by atoms with Crippen molar-refractivity contribution in [2.75, 3.05) is 13.2 Å². The van der Waals surface area contributed by atoms with Gasteiger partial charge >= 0.3 is 0 Å². The van der Waals surface area contributed by atoms with E-state index in [-0.39, 0.29) is 0 Å². The third kappa shape index (κ3) is 3.71. The fourth-order valence-electron chi connectivity index (χ4n) is 3.95. The van der Waals surface area contributed by atoms with Crippen LogP contribution in [0.1, 0.15) is 64.2 Å². The molecule has 0 radical (unpaired) electrons. The zero-order chi connectivity index (χ0) is 12.2. The second-order valence-electron chi connectivity index (χ2n) is 6.69. The van der Waals surface area contributed by atoms with Crippen LogP contribution in [-0.4, -0.2) is 25.3 Å². The van der Waals surface area contributed by atoms with E-state index in [0.717, 1.165) is 31.0 Å². The van der Waals surface area contributed by atoms with Crippen molar-refractivity contribution in [2.45, 2.75) is 76.4 Å². The van der Waals surface area contributed by atoms with E-state index in [1.165, 1.54) is 64.2 Å². The first-order valence-corrected chi connectivity index (χ1v) is 8.27. The van der Waals surface area contributed by atoms with Crippen LogP contribution in [0.3, 0.4) is 0 Å². The molecule has 3 fully saturated rings. The SMILES string of the molecule is C1CCC(OCCNC2CCCC(C3CC3)C2)C1. The van der Waals surface area contributed by atoms with Crippen molar-refractivity contribution in [3.05, 3.63) is 0 Å². The Balaban J connectivity index is 1.27. The van der Waals surface area contributed by atoms with Gasteiger partial charge in [-0.15, -0.1) is 0 Å². The molecule has 2 unspecified atom stereocenters. The monoisotopic (exact) mass is 251 g/mol. The van der Waals surface area contributed by atoms with Gasteiger partial charge in [-0.25, -0.2) is 0 Å². The van der Waals surface area contributed by atoms with Crippen LogP contribution in [0.15, 0.2) is 0 Å². The number of hydrogen-bond donors (Lipinski definition) is 1. The fraction of sp³-hybridized carbons (Fsp3) is 1.00. The molecule has 2 nitrogen and oxygen atoms in total. The average Bonchev–Trinajstić information content (AvgIpc) is 3.13. The van der Waals surface area contributed by atoms with Crippen molar-refractivity contribution in [2.24, 2.45) is 11.8 Å². The molecule has 0 saturated heterocycles. The van der Waals surface area contributed by atoms with E-state index >= 15 is 0 Å². The Labute approximate surface area is 112 Å². The van der Waals surface area contributed by atoms with Gasteiger partial charge in [-0.3, -0.25) is 0 Å². The van der Waals surface area contributed by atoms with Crippen molar-refractivity contribution in [1.82, 2.24) is 5.32 Å². The van der Waals surface area contributed by atoms with E-state index in [1.807, 2.05) is 0 Å². The first-order chi connectivity index (χ1) is 8.92. The molecule has 104 valence electrons. The lowest BCUT2D eigenvalue weighted by Gasteiger charge is -2.30. The maximum absolute atomic E-state index is 5.92. The van der Waals surface area contributed by atoms with E-state index in [4.69, 9.17) is 4.74 Å². The summed E-state index contributed by atoms with van der Waals surface area (Å²) in [7, 11) is 0. The maximum atomic E-state index is 5.92. The molecule has 0 aromatic heterocycles. The highest BCUT2D eigenvalue weighted by molar-refractivity contribution is 4.87. The van der Waals surface area contributed by atoms with Crippen LogP contribution in [0.5, 0.6) is 0 Å². The number of rotatable bonds is 6. The summed E-state index contributed by atoms with van der Waals surface area (Å²) in [6.45, 7) is 1.99. The Hall–Kier alpha value is -0.0800. The molecular weight excluding hydrogens is 222 g/mol. The standard InChI is InChI=1S/C16H29NO/c1-2-7-16(6-1)18-11-10-17-15-5-3-4-14(12-15)13-8-9-13/h13-17H,1-12H2. The van der Waals surface area contributed by atoms with Crippen LogP contribution in [0, 0.1) is 11.8 Å². The summed E-state index contributed by atoms with van der Waals surface area (Å²) >= 11 is 0. The van der Waals surface area contributed by atoms with Gasteiger partial charge < -0.3 is 10.1 Å². The average molecular weight is 251 g/mol. The normalized spacial score (nSPS) is 34.0. The molecule has 0 spiro atoms. The molecule has 0 aromatic carbocycles. The topological polar surface area (TPSA) is 21.3 Å². The summed E-state index contributed by atoms with van der Waals surface area (Å²) in [5.41, 5.74) is 0. The predicted molar refractivity (Wildman–Crippen MR) is 74.7 cm³/mol. The quantitative estimate of drug-likeness (QED) is 0.730. The van der Waals surface area contributed by atoms with Gasteiger partial charge in [0.2, 0.25) is 0 Å². The highest BCUT2D eigenvalue weighted by Crippen LogP contribution is 2.43. The van der Waals surface area contributed by atoms with Crippen LogP contribution in [-0.2, 0) is 4.74 Å². The van der Waals surface area contributed by atoms with Gasteiger partial charge in [0, 0.05) is 12.6 Å². The predicted octanol–water partition coefficient (Wildman–Crippen LogP) is 3.50. The summed E-state index contributed by atoms with van der Waals surface area (Å²) in [6.07, 6.45) is 14.8. The van der Waals surface area contributed by atoms with E-state index < -0.39 is 0 Å². The smallest absolute Gasteiger partial charge is 0.0594 e. The summed E-state index contributed by atoms with van der Waals surface area (Å²) < 4.78 is 5.92. The van der Waals surface area contributed by atoms with Crippen LogP contribution in [0.4, 0.5) is 0 Å². The third-order valence-electron chi connectivity index (χ3n) is 5.19. The molecule has 0 bridgehead atoms. The van der Waals surface area contributed by atoms with Crippen LogP contribution < -0.4 is 5.32 Å². The van der Waals surface area contributed by atoms with Crippen molar-refractivity contribution in [3.8, 4) is 0 Å². The lowest BCUT2D eigenvalue weighted by atomic mass is 9.83. The summed E-state index contributed by atoms with van der Waals surface area (Å²) in [5.74, 6) is 2.15. The largest absolute Gasteiger partial charge is 0.377 e. The molecule has 2 atom stereocenters. The van der Waals surface area contributed by atoms with Crippen LogP contribution >= 0.6 is 0 Å². The van der Waals surface area contributed by atoms with Crippen molar-refractivity contribution in [3.63, 3.8) is 0 Å². The molecule has 3 saturated carbocycles. The summed E-state index contributed by atoms with van der Waals surface area (Å²) in [5, 5.41) is 3.73. The van der Waals surface area contributed by atoms with E-state index in [9.17, 15) is 0 Å². The molecular formula is C16H29NO. The van der Waals surface area contributed by atoms with E-state index in [1.54, 1.807) is 0 Å². The highest BCUT2D eigenvalue weighted by Gasteiger charge is 2.34. The van der Waals surface area contributed by atoms with Gasteiger partial charge in [-0.2, -0.15) is 0 Å². The Bertz CT molecular complexity index is 245. The Morgan fingerprint density at radius 3 is 2.44 bits per heavy atom. The number of nitrogens with one attached hydrogen (secondary N) is 1. The molecule has 2 heteroatoms. The van der Waals surface area contributed by atoms with Gasteiger partial charge in [0.1, 0.15) is 0 Å². The van der Waals surface area contributed by atoms with E-state index in [0.29, 0.717) is 6.10 Å². The lowest BCUT2D eigenvalue weighted by molar-refractivity contribution is 0.0578. The summed E-state index contributed by atoms with van der Waals surface area (Å²) in [6, 6.07) is 0.788. The van der Waals surface area contributed by atoms with Crippen molar-refractivity contribution >= 4 is 0 Å². The first-order valence-electron chi connectivity index (χ1n) is 8.27. The van der Waals surface area contributed by atoms with Crippen LogP contribution in [0.25, 0.3) is 0 Å². The second kappa shape index (κ2) is 6.38. The van der Waals surface area contributed by atoms with Gasteiger partial charge in [-0.1, -0.05) is 25.7 Å². The zero-order valence-electron chi connectivity index (χ0n) is 11.7. The lowest BCUT2D eigenvalue weighted by Crippen LogP contribution is -2.37. The molecule has 1 N–H and O–H groups in total. The zero-order valence-corrected chi connectivity index (χ0v) is 11.7. The highest BCUT2D eigenvalue weighted by atomic mass is 16.5. The Morgan fingerprint density at radius 1 is 0.833 bits per heavy atom. The molecule has 0 aliphatic heterocycles. The Kier molecular flexibility index (Phi) is 4.58. The maximum Gasteiger partial charge on any atom is 0.0594 e. The number of hydrogen-bond acceptors (Lipinski definition) is 2. The van der Waals surface area contributed by atoms with Gasteiger partial charge in [0.05, 0.1) is 12.7 Å². The second-order valence-corrected chi connectivity index (χ2v) is 6.69. The third-order valence-corrected chi connectivity index (χ3v) is 5.19. The van der Waals surface area contributed by atoms with Crippen LogP contribution in [0.2, 0.25) is 0 Å². The Morgan fingerprint density at radius 2 is 1.67 bits per heavy atom. The molecule has 0 heterocycles. The van der Waals surface area contributed by atoms with E-state index in [2.05, 4.69) is 5.32 Å². The first kappa shape index (κ1) is 12.9.